The monoisotopic (exact) mass is 306 g/mol. The lowest BCUT2D eigenvalue weighted by Crippen LogP contribution is -2.24. The zero-order valence-corrected chi connectivity index (χ0v) is 11.5. The second kappa shape index (κ2) is 5.98. The predicted octanol–water partition coefficient (Wildman–Crippen LogP) is 1.66. The number of nitrogens with zero attached hydrogens (tertiary/aromatic N) is 1. The minimum atomic E-state index is -4.15. The quantitative estimate of drug-likeness (QED) is 0.506. The van der Waals surface area contributed by atoms with Gasteiger partial charge < -0.3 is 5.32 Å². The lowest BCUT2D eigenvalue weighted by molar-refractivity contribution is -0.385. The maximum Gasteiger partial charge on any atom is 0.271 e. The number of nitro groups is 1. The average molecular weight is 307 g/mol. The number of nitro benzene ring substituents is 1. The van der Waals surface area contributed by atoms with Gasteiger partial charge in [-0.15, -0.1) is 0 Å². The summed E-state index contributed by atoms with van der Waals surface area (Å²) in [7, 11) is 0.987. The molecule has 19 heavy (non-hydrogen) atoms. The van der Waals surface area contributed by atoms with Gasteiger partial charge in [0.15, 0.2) is 0 Å². The maximum atomic E-state index is 11.7. The van der Waals surface area contributed by atoms with Crippen molar-refractivity contribution in [3.8, 4) is 0 Å². The molecule has 0 saturated carbocycles. The van der Waals surface area contributed by atoms with Gasteiger partial charge in [0, 0.05) is 34.9 Å². The van der Waals surface area contributed by atoms with Crippen molar-refractivity contribution in [2.24, 2.45) is 0 Å². The largest absolute Gasteiger partial charge is 0.352 e. The van der Waals surface area contributed by atoms with Gasteiger partial charge in [0.2, 0.25) is 0 Å². The third-order valence-electron chi connectivity index (χ3n) is 2.18. The lowest BCUT2D eigenvalue weighted by atomic mass is 10.2. The van der Waals surface area contributed by atoms with Gasteiger partial charge in [0.25, 0.3) is 20.6 Å². The van der Waals surface area contributed by atoms with Gasteiger partial charge in [0.05, 0.1) is 9.82 Å². The number of hydrogen-bond donors (Lipinski definition) is 1. The summed E-state index contributed by atoms with van der Waals surface area (Å²) >= 11 is 0. The highest BCUT2D eigenvalue weighted by atomic mass is 35.7. The fraction of sp³-hybridized carbons (Fsp3) is 0.300. The molecule has 0 aliphatic heterocycles. The summed E-state index contributed by atoms with van der Waals surface area (Å²) in [4.78, 5) is 21.1. The van der Waals surface area contributed by atoms with Crippen LogP contribution in [0.5, 0.6) is 0 Å². The molecule has 0 aliphatic carbocycles. The van der Waals surface area contributed by atoms with Crippen molar-refractivity contribution in [3.05, 3.63) is 33.9 Å². The van der Waals surface area contributed by atoms with E-state index in [0.29, 0.717) is 13.0 Å². The Morgan fingerprint density at radius 3 is 2.53 bits per heavy atom. The number of hydrogen-bond acceptors (Lipinski definition) is 5. The Labute approximate surface area is 114 Å². The molecule has 0 aliphatic rings. The molecule has 0 unspecified atom stereocenters. The first-order valence-corrected chi connectivity index (χ1v) is 7.59. The Bertz CT molecular complexity index is 614. The van der Waals surface area contributed by atoms with Crippen LogP contribution in [0.25, 0.3) is 0 Å². The summed E-state index contributed by atoms with van der Waals surface area (Å²) in [5, 5.41) is 13.2. The second-order valence-electron chi connectivity index (χ2n) is 3.67. The van der Waals surface area contributed by atoms with E-state index in [0.717, 1.165) is 18.2 Å². The Kier molecular flexibility index (Phi) is 4.84. The Morgan fingerprint density at radius 1 is 1.42 bits per heavy atom. The molecular formula is C10H11ClN2O5S. The molecule has 0 heterocycles. The molecule has 0 fully saturated rings. The van der Waals surface area contributed by atoms with Crippen molar-refractivity contribution >= 4 is 31.3 Å². The average Bonchev–Trinajstić information content (AvgIpc) is 2.34. The van der Waals surface area contributed by atoms with E-state index in [9.17, 15) is 23.3 Å². The SMILES string of the molecule is CCCNC(=O)c1cc([N+](=O)[O-])cc(S(=O)(=O)Cl)c1. The van der Waals surface area contributed by atoms with Crippen molar-refractivity contribution in [1.29, 1.82) is 0 Å². The van der Waals surface area contributed by atoms with Crippen molar-refractivity contribution in [1.82, 2.24) is 5.32 Å². The molecule has 1 N–H and O–H groups in total. The molecule has 0 spiro atoms. The van der Waals surface area contributed by atoms with Crippen LogP contribution in [0.4, 0.5) is 5.69 Å². The van der Waals surface area contributed by atoms with E-state index < -0.39 is 30.5 Å². The van der Waals surface area contributed by atoms with E-state index in [-0.39, 0.29) is 5.56 Å². The topological polar surface area (TPSA) is 106 Å². The Balaban J connectivity index is 3.29. The number of rotatable bonds is 5. The van der Waals surface area contributed by atoms with Crippen LogP contribution in [0.15, 0.2) is 23.1 Å². The molecule has 0 atom stereocenters. The first kappa shape index (κ1) is 15.4. The Hall–Kier alpha value is -1.67. The molecule has 1 amide bonds. The molecule has 104 valence electrons. The van der Waals surface area contributed by atoms with Crippen LogP contribution in [0, 0.1) is 10.1 Å². The normalized spacial score (nSPS) is 11.1. The van der Waals surface area contributed by atoms with Crippen LogP contribution in [-0.2, 0) is 9.05 Å². The zero-order valence-electron chi connectivity index (χ0n) is 9.92. The highest BCUT2D eigenvalue weighted by Crippen LogP contribution is 2.23. The molecule has 9 heteroatoms. The smallest absolute Gasteiger partial charge is 0.271 e. The van der Waals surface area contributed by atoms with E-state index in [1.807, 2.05) is 6.92 Å². The van der Waals surface area contributed by atoms with Gasteiger partial charge in [-0.25, -0.2) is 8.42 Å². The fourth-order valence-corrected chi connectivity index (χ4v) is 2.10. The molecule has 0 aromatic heterocycles. The van der Waals surface area contributed by atoms with Gasteiger partial charge in [-0.2, -0.15) is 0 Å². The van der Waals surface area contributed by atoms with E-state index in [4.69, 9.17) is 10.7 Å². The van der Waals surface area contributed by atoms with Crippen molar-refractivity contribution < 1.29 is 18.1 Å². The number of nitrogens with one attached hydrogen (secondary N) is 1. The second-order valence-corrected chi connectivity index (χ2v) is 6.23. The number of carbonyl (C=O) groups is 1. The summed E-state index contributed by atoms with van der Waals surface area (Å²) in [5.41, 5.74) is -0.634. The number of non-ortho nitro benzene ring substituents is 1. The highest BCUT2D eigenvalue weighted by molar-refractivity contribution is 8.13. The van der Waals surface area contributed by atoms with Crippen LogP contribution in [0.1, 0.15) is 23.7 Å². The molecular weight excluding hydrogens is 296 g/mol. The van der Waals surface area contributed by atoms with Crippen molar-refractivity contribution in [3.63, 3.8) is 0 Å². The van der Waals surface area contributed by atoms with Crippen LogP contribution in [-0.4, -0.2) is 25.8 Å². The summed E-state index contributed by atoms with van der Waals surface area (Å²) < 4.78 is 22.4. The molecule has 7 nitrogen and oxygen atoms in total. The summed E-state index contributed by atoms with van der Waals surface area (Å²) in [6.07, 6.45) is 0.682. The minimum absolute atomic E-state index is 0.123. The highest BCUT2D eigenvalue weighted by Gasteiger charge is 2.20. The van der Waals surface area contributed by atoms with Gasteiger partial charge >= 0.3 is 0 Å². The van der Waals surface area contributed by atoms with E-state index in [1.54, 1.807) is 0 Å². The Morgan fingerprint density at radius 2 is 2.05 bits per heavy atom. The van der Waals surface area contributed by atoms with Crippen LogP contribution < -0.4 is 5.32 Å². The number of carbonyl (C=O) groups excluding carboxylic acids is 1. The van der Waals surface area contributed by atoms with Crippen LogP contribution in [0.2, 0.25) is 0 Å². The summed E-state index contributed by atoms with van der Waals surface area (Å²) in [6.45, 7) is 2.22. The standard InChI is InChI=1S/C10H11ClN2O5S/c1-2-3-12-10(14)7-4-8(13(15)16)6-9(5-7)19(11,17)18/h4-6H,2-3H2,1H3,(H,12,14). The number of halogens is 1. The first-order chi connectivity index (χ1) is 8.75. The molecule has 1 aromatic rings. The number of amides is 1. The maximum absolute atomic E-state index is 11.7. The molecule has 0 bridgehead atoms. The van der Waals surface area contributed by atoms with E-state index in [1.165, 1.54) is 0 Å². The third-order valence-corrected chi connectivity index (χ3v) is 3.51. The van der Waals surface area contributed by atoms with E-state index in [2.05, 4.69) is 5.32 Å². The summed E-state index contributed by atoms with van der Waals surface area (Å²) in [6, 6.07) is 2.80. The molecule has 1 aromatic carbocycles. The van der Waals surface area contributed by atoms with Crippen LogP contribution >= 0.6 is 10.7 Å². The van der Waals surface area contributed by atoms with Gasteiger partial charge in [-0.05, 0) is 12.5 Å². The van der Waals surface area contributed by atoms with Gasteiger partial charge in [-0.3, -0.25) is 14.9 Å². The fourth-order valence-electron chi connectivity index (χ4n) is 1.30. The van der Waals surface area contributed by atoms with Crippen molar-refractivity contribution in [2.45, 2.75) is 18.2 Å². The van der Waals surface area contributed by atoms with Gasteiger partial charge in [-0.1, -0.05) is 6.92 Å². The first-order valence-electron chi connectivity index (χ1n) is 5.28. The van der Waals surface area contributed by atoms with E-state index >= 15 is 0 Å². The number of benzene rings is 1. The lowest BCUT2D eigenvalue weighted by Gasteiger charge is -2.05. The third kappa shape index (κ3) is 4.18. The molecule has 1 rings (SSSR count). The molecule has 0 radical (unpaired) electrons. The van der Waals surface area contributed by atoms with Crippen molar-refractivity contribution in [2.75, 3.05) is 6.54 Å². The molecule has 0 saturated heterocycles. The predicted molar refractivity (Wildman–Crippen MR) is 68.8 cm³/mol. The van der Waals surface area contributed by atoms with Gasteiger partial charge in [0.1, 0.15) is 0 Å². The zero-order chi connectivity index (χ0) is 14.6. The summed E-state index contributed by atoms with van der Waals surface area (Å²) in [5.74, 6) is -0.591. The van der Waals surface area contributed by atoms with Crippen LogP contribution in [0.3, 0.4) is 0 Å². The minimum Gasteiger partial charge on any atom is -0.352 e.